The number of hydrogen-bond donors (Lipinski definition) is 5. The van der Waals surface area contributed by atoms with Gasteiger partial charge < -0.3 is 26.2 Å². The molecule has 0 aromatic heterocycles. The molecule has 0 saturated carbocycles. The Morgan fingerprint density at radius 1 is 0.593 bits per heavy atom. The zero-order chi connectivity index (χ0) is 43.3. The van der Waals surface area contributed by atoms with E-state index in [0.29, 0.717) is 12.8 Å². The van der Waals surface area contributed by atoms with Gasteiger partial charge in [-0.3, -0.25) is 13.8 Å². The molecule has 4 atom stereocenters. The Bertz CT molecular complexity index is 1080. The second kappa shape index (κ2) is 44.5. The summed E-state index contributed by atoms with van der Waals surface area (Å²) in [5.41, 5.74) is 5.37. The molecular weight excluding hydrogens is 760 g/mol. The summed E-state index contributed by atoms with van der Waals surface area (Å²) in [6, 6.07) is -1.01. The lowest BCUT2D eigenvalue weighted by molar-refractivity contribution is -0.124. The fourth-order valence-electron chi connectivity index (χ4n) is 6.99. The summed E-state index contributed by atoms with van der Waals surface area (Å²) in [6.07, 6.45) is 52.0. The van der Waals surface area contributed by atoms with E-state index in [2.05, 4.69) is 55.6 Å². The standard InChI is InChI=1S/C49H93N2O7P/c1-3-5-7-9-11-13-15-17-19-21-22-23-24-25-26-28-30-32-34-36-38-40-46(52)44-49(54)51-47(45-58-59(55,56)57-43-42-50)48(53)41-39-37-35-33-31-29-27-20-18-16-14-12-10-8-6-4-2/h22-23,25-26,31,33,39,41,46-48,52-53H,3-21,24,27-30,32,34-38,40,42-45,50H2,1-2H3,(H,51,54)(H,55,56)/b23-22-,26-25-,33-31+,41-39+. The fraction of sp³-hybridized carbons (Fsp3) is 0.816. The first-order valence-electron chi connectivity index (χ1n) is 24.3. The molecule has 0 heterocycles. The zero-order valence-electron chi connectivity index (χ0n) is 38.1. The second-order valence-electron chi connectivity index (χ2n) is 16.5. The van der Waals surface area contributed by atoms with Crippen LogP contribution in [0.15, 0.2) is 48.6 Å². The van der Waals surface area contributed by atoms with Crippen LogP contribution < -0.4 is 11.1 Å². The normalized spacial score (nSPS) is 14.9. The molecule has 9 nitrogen and oxygen atoms in total. The fourth-order valence-corrected chi connectivity index (χ4v) is 7.75. The van der Waals surface area contributed by atoms with E-state index in [1.54, 1.807) is 6.08 Å². The Hall–Kier alpha value is -1.58. The third-order valence-corrected chi connectivity index (χ3v) is 11.7. The molecule has 0 aliphatic rings. The number of nitrogens with two attached hydrogens (primary N) is 1. The molecule has 6 N–H and O–H groups in total. The minimum atomic E-state index is -4.41. The molecule has 1 amide bonds. The van der Waals surface area contributed by atoms with E-state index in [4.69, 9.17) is 14.8 Å². The highest BCUT2D eigenvalue weighted by Crippen LogP contribution is 2.43. The third-order valence-electron chi connectivity index (χ3n) is 10.7. The zero-order valence-corrected chi connectivity index (χ0v) is 39.0. The molecule has 0 saturated heterocycles. The second-order valence-corrected chi connectivity index (χ2v) is 18.0. The van der Waals surface area contributed by atoms with E-state index in [9.17, 15) is 24.5 Å². The number of aliphatic hydroxyl groups excluding tert-OH is 2. The van der Waals surface area contributed by atoms with Gasteiger partial charge in [0.1, 0.15) is 0 Å². The van der Waals surface area contributed by atoms with Gasteiger partial charge in [-0.25, -0.2) is 4.57 Å². The number of amides is 1. The average Bonchev–Trinajstić information content (AvgIpc) is 3.21. The molecule has 10 heteroatoms. The monoisotopic (exact) mass is 853 g/mol. The molecule has 0 fully saturated rings. The average molecular weight is 853 g/mol. The molecule has 0 rings (SSSR count). The Morgan fingerprint density at radius 3 is 1.51 bits per heavy atom. The largest absolute Gasteiger partial charge is 0.472 e. The molecule has 0 bridgehead atoms. The van der Waals surface area contributed by atoms with Crippen LogP contribution >= 0.6 is 7.82 Å². The predicted molar refractivity (Wildman–Crippen MR) is 250 cm³/mol. The maximum absolute atomic E-state index is 12.8. The van der Waals surface area contributed by atoms with Crippen molar-refractivity contribution in [2.45, 2.75) is 238 Å². The highest BCUT2D eigenvalue weighted by Gasteiger charge is 2.27. The number of carbonyl (C=O) groups is 1. The quantitative estimate of drug-likeness (QED) is 0.0231. The number of aliphatic hydroxyl groups is 2. The summed E-state index contributed by atoms with van der Waals surface area (Å²) in [6.45, 7) is 3.95. The van der Waals surface area contributed by atoms with Gasteiger partial charge in [-0.15, -0.1) is 0 Å². The molecular formula is C49H93N2O7P. The summed E-state index contributed by atoms with van der Waals surface area (Å²) >= 11 is 0. The lowest BCUT2D eigenvalue weighted by Gasteiger charge is -2.24. The van der Waals surface area contributed by atoms with Crippen LogP contribution in [0.2, 0.25) is 0 Å². The van der Waals surface area contributed by atoms with Crippen LogP contribution in [0.5, 0.6) is 0 Å². The van der Waals surface area contributed by atoms with Crippen LogP contribution in [-0.2, 0) is 18.4 Å². The Morgan fingerprint density at radius 2 is 1.02 bits per heavy atom. The van der Waals surface area contributed by atoms with Gasteiger partial charge in [0.15, 0.2) is 0 Å². The number of hydrogen-bond acceptors (Lipinski definition) is 7. The lowest BCUT2D eigenvalue weighted by Crippen LogP contribution is -2.46. The summed E-state index contributed by atoms with van der Waals surface area (Å²) in [7, 11) is -4.41. The van der Waals surface area contributed by atoms with Crippen molar-refractivity contribution < 1.29 is 33.5 Å². The predicted octanol–water partition coefficient (Wildman–Crippen LogP) is 13.0. The van der Waals surface area contributed by atoms with Crippen molar-refractivity contribution in [3.8, 4) is 0 Å². The Balaban J connectivity index is 4.29. The maximum atomic E-state index is 12.8. The van der Waals surface area contributed by atoms with Gasteiger partial charge in [0.2, 0.25) is 5.91 Å². The number of rotatable bonds is 45. The number of phosphoric acid groups is 1. The molecule has 0 aromatic carbocycles. The number of carbonyl (C=O) groups excluding carboxylic acids is 1. The van der Waals surface area contributed by atoms with Crippen molar-refractivity contribution in [1.82, 2.24) is 5.32 Å². The minimum absolute atomic E-state index is 0.0416. The van der Waals surface area contributed by atoms with Gasteiger partial charge in [0.25, 0.3) is 0 Å². The lowest BCUT2D eigenvalue weighted by atomic mass is 10.0. The van der Waals surface area contributed by atoms with E-state index >= 15 is 0 Å². The van der Waals surface area contributed by atoms with Crippen LogP contribution in [0, 0.1) is 0 Å². The van der Waals surface area contributed by atoms with Gasteiger partial charge in [-0.2, -0.15) is 0 Å². The van der Waals surface area contributed by atoms with Gasteiger partial charge in [-0.05, 0) is 64.2 Å². The molecule has 59 heavy (non-hydrogen) atoms. The summed E-state index contributed by atoms with van der Waals surface area (Å²) in [4.78, 5) is 22.8. The van der Waals surface area contributed by atoms with Crippen LogP contribution in [0.1, 0.15) is 219 Å². The van der Waals surface area contributed by atoms with Crippen LogP contribution in [0.3, 0.4) is 0 Å². The molecule has 4 unspecified atom stereocenters. The van der Waals surface area contributed by atoms with Gasteiger partial charge in [0, 0.05) is 6.54 Å². The summed E-state index contributed by atoms with van der Waals surface area (Å²) < 4.78 is 22.1. The molecule has 0 radical (unpaired) electrons. The first-order valence-corrected chi connectivity index (χ1v) is 25.8. The molecule has 0 aliphatic heterocycles. The van der Waals surface area contributed by atoms with E-state index in [1.807, 2.05) is 6.08 Å². The number of nitrogens with one attached hydrogen (secondary N) is 1. The van der Waals surface area contributed by atoms with Crippen LogP contribution in [0.4, 0.5) is 0 Å². The first-order chi connectivity index (χ1) is 28.8. The first kappa shape index (κ1) is 57.4. The van der Waals surface area contributed by atoms with E-state index in [-0.39, 0.29) is 19.6 Å². The Kier molecular flexibility index (Phi) is 43.3. The molecule has 0 aliphatic carbocycles. The van der Waals surface area contributed by atoms with Gasteiger partial charge in [0.05, 0.1) is 37.9 Å². The number of unbranched alkanes of at least 4 members (excludes halogenated alkanes) is 25. The summed E-state index contributed by atoms with van der Waals surface area (Å²) in [5.74, 6) is -0.464. The van der Waals surface area contributed by atoms with Crippen LogP contribution in [-0.4, -0.2) is 59.0 Å². The highest BCUT2D eigenvalue weighted by atomic mass is 31.2. The minimum Gasteiger partial charge on any atom is -0.393 e. The maximum Gasteiger partial charge on any atom is 0.472 e. The molecule has 346 valence electrons. The van der Waals surface area contributed by atoms with E-state index in [0.717, 1.165) is 57.8 Å². The topological polar surface area (TPSA) is 151 Å². The van der Waals surface area contributed by atoms with E-state index < -0.39 is 38.6 Å². The molecule has 0 spiro atoms. The van der Waals surface area contributed by atoms with E-state index in [1.165, 1.54) is 128 Å². The van der Waals surface area contributed by atoms with Crippen molar-refractivity contribution in [2.24, 2.45) is 5.73 Å². The smallest absolute Gasteiger partial charge is 0.393 e. The van der Waals surface area contributed by atoms with Crippen molar-refractivity contribution in [1.29, 1.82) is 0 Å². The SMILES string of the molecule is CCCCCCCCCCC/C=C\C/C=C\CCCCCCCC(O)CC(=O)NC(COP(=O)(O)OCCN)C(O)/C=C/CC/C=C/CCCCCCCCCCCC. The van der Waals surface area contributed by atoms with Crippen molar-refractivity contribution in [2.75, 3.05) is 19.8 Å². The van der Waals surface area contributed by atoms with Gasteiger partial charge >= 0.3 is 7.82 Å². The molecule has 0 aromatic rings. The number of phosphoric ester groups is 1. The van der Waals surface area contributed by atoms with Crippen molar-refractivity contribution >= 4 is 13.7 Å². The highest BCUT2D eigenvalue weighted by molar-refractivity contribution is 7.47. The van der Waals surface area contributed by atoms with Crippen LogP contribution in [0.25, 0.3) is 0 Å². The van der Waals surface area contributed by atoms with Crippen molar-refractivity contribution in [3.05, 3.63) is 48.6 Å². The number of allylic oxidation sites excluding steroid dienone is 7. The third kappa shape index (κ3) is 42.9. The van der Waals surface area contributed by atoms with Gasteiger partial charge in [-0.1, -0.05) is 197 Å². The Labute approximate surface area is 363 Å². The van der Waals surface area contributed by atoms with Crippen molar-refractivity contribution in [3.63, 3.8) is 0 Å². The summed E-state index contributed by atoms with van der Waals surface area (Å²) in [5, 5.41) is 24.1.